The van der Waals surface area contributed by atoms with Crippen molar-refractivity contribution < 1.29 is 28.6 Å². The molecule has 0 saturated heterocycles. The van der Waals surface area contributed by atoms with Crippen LogP contribution in [0.1, 0.15) is 0 Å². The molecule has 5 heteroatoms. The summed E-state index contributed by atoms with van der Waals surface area (Å²) in [6.45, 7) is 0. The van der Waals surface area contributed by atoms with Crippen molar-refractivity contribution in [2.75, 3.05) is 0 Å². The summed E-state index contributed by atoms with van der Waals surface area (Å²) < 4.78 is 6.14. The van der Waals surface area contributed by atoms with Crippen LogP contribution in [0.3, 0.4) is 0 Å². The minimum absolute atomic E-state index is 0. The second-order valence-electron chi connectivity index (χ2n) is 4.18. The summed E-state index contributed by atoms with van der Waals surface area (Å²) in [6.07, 6.45) is 0. The Hall–Kier alpha value is -1.63. The van der Waals surface area contributed by atoms with Crippen LogP contribution in [0.25, 0.3) is 22.1 Å². The standard InChI is InChI=1S/C13H11N4.HI/c1-15-12-8-4-5-9-13(12)16-14-10-6-2-3-7-11(10)17(15)16;/h2-9H,1H3;1H/q+1;/p-1. The highest BCUT2D eigenvalue weighted by atomic mass is 127. The Labute approximate surface area is 120 Å². The van der Waals surface area contributed by atoms with Gasteiger partial charge in [-0.25, -0.2) is 0 Å². The molecule has 90 valence electrons. The number of halogens is 1. The van der Waals surface area contributed by atoms with E-state index in [9.17, 15) is 0 Å². The van der Waals surface area contributed by atoms with Gasteiger partial charge >= 0.3 is 0 Å². The van der Waals surface area contributed by atoms with Gasteiger partial charge in [-0.15, -0.1) is 0 Å². The second kappa shape index (κ2) is 3.94. The first kappa shape index (κ1) is 11.5. The number of aromatic nitrogens is 4. The first-order valence-corrected chi connectivity index (χ1v) is 5.60. The topological polar surface area (TPSA) is 26.3 Å². The number of fused-ring (bicyclic) bond motifs is 5. The quantitative estimate of drug-likeness (QED) is 0.282. The van der Waals surface area contributed by atoms with Gasteiger partial charge in [0.1, 0.15) is 5.52 Å². The summed E-state index contributed by atoms with van der Waals surface area (Å²) in [7, 11) is 2.05. The molecule has 0 fully saturated rings. The highest BCUT2D eigenvalue weighted by Crippen LogP contribution is 2.13. The van der Waals surface area contributed by atoms with Gasteiger partial charge < -0.3 is 24.0 Å². The summed E-state index contributed by atoms with van der Waals surface area (Å²) in [5.74, 6) is 0. The zero-order chi connectivity index (χ0) is 11.4. The average molecular weight is 350 g/mol. The molecule has 0 atom stereocenters. The minimum atomic E-state index is 0. The molecule has 0 aliphatic carbocycles. The van der Waals surface area contributed by atoms with Crippen LogP contribution in [0, 0.1) is 0 Å². The molecule has 2 aromatic heterocycles. The van der Waals surface area contributed by atoms with Gasteiger partial charge in [-0.3, -0.25) is 0 Å². The Balaban J connectivity index is 0.000001000. The van der Waals surface area contributed by atoms with Crippen molar-refractivity contribution in [3.05, 3.63) is 48.5 Å². The molecule has 0 amide bonds. The number of nitrogens with zero attached hydrogens (tertiary/aromatic N) is 4. The van der Waals surface area contributed by atoms with E-state index in [-0.39, 0.29) is 24.0 Å². The predicted octanol–water partition coefficient (Wildman–Crippen LogP) is -1.43. The van der Waals surface area contributed by atoms with Crippen LogP contribution in [0.2, 0.25) is 0 Å². The molecule has 0 aliphatic rings. The van der Waals surface area contributed by atoms with E-state index < -0.39 is 0 Å². The summed E-state index contributed by atoms with van der Waals surface area (Å²) >= 11 is 0. The van der Waals surface area contributed by atoms with Crippen molar-refractivity contribution in [1.29, 1.82) is 0 Å². The molecular formula is C13H11IN4. The maximum atomic E-state index is 4.62. The van der Waals surface area contributed by atoms with E-state index in [2.05, 4.69) is 39.7 Å². The average Bonchev–Trinajstić information content (AvgIpc) is 2.88. The van der Waals surface area contributed by atoms with Crippen molar-refractivity contribution in [3.8, 4) is 0 Å². The van der Waals surface area contributed by atoms with Crippen LogP contribution in [0.5, 0.6) is 0 Å². The summed E-state index contributed by atoms with van der Waals surface area (Å²) in [5, 5.41) is 4.62. The molecule has 4 aromatic rings. The molecule has 0 unspecified atom stereocenters. The number of benzene rings is 2. The van der Waals surface area contributed by atoms with Gasteiger partial charge in [0.25, 0.3) is 5.52 Å². The molecule has 18 heavy (non-hydrogen) atoms. The maximum Gasteiger partial charge on any atom is 0.252 e. The van der Waals surface area contributed by atoms with E-state index in [1.807, 2.05) is 35.0 Å². The van der Waals surface area contributed by atoms with E-state index in [4.69, 9.17) is 0 Å². The highest BCUT2D eigenvalue weighted by Gasteiger charge is 2.20. The molecule has 0 N–H and O–H groups in total. The lowest BCUT2D eigenvalue weighted by Crippen LogP contribution is -3.00. The molecule has 4 rings (SSSR count). The lowest BCUT2D eigenvalue weighted by atomic mass is 10.3. The number of para-hydroxylation sites is 3. The molecule has 0 saturated carbocycles. The Morgan fingerprint density at radius 1 is 0.944 bits per heavy atom. The van der Waals surface area contributed by atoms with E-state index in [0.717, 1.165) is 16.6 Å². The molecule has 0 bridgehead atoms. The maximum absolute atomic E-state index is 4.62. The van der Waals surface area contributed by atoms with Gasteiger partial charge in [0.05, 0.1) is 12.1 Å². The molecule has 4 nitrogen and oxygen atoms in total. The Kier molecular flexibility index (Phi) is 2.51. The van der Waals surface area contributed by atoms with Crippen molar-refractivity contribution in [2.45, 2.75) is 0 Å². The molecule has 0 aliphatic heterocycles. The van der Waals surface area contributed by atoms with Gasteiger partial charge in [0, 0.05) is 4.63 Å². The van der Waals surface area contributed by atoms with E-state index in [1.54, 1.807) is 0 Å². The molecular weight excluding hydrogens is 339 g/mol. The predicted molar refractivity (Wildman–Crippen MR) is 64.8 cm³/mol. The third-order valence-electron chi connectivity index (χ3n) is 3.21. The highest BCUT2D eigenvalue weighted by molar-refractivity contribution is 5.76. The normalized spacial score (nSPS) is 11.2. The largest absolute Gasteiger partial charge is 1.00 e. The smallest absolute Gasteiger partial charge is 0.252 e. The second-order valence-corrected chi connectivity index (χ2v) is 4.18. The lowest BCUT2D eigenvalue weighted by molar-refractivity contribution is -0.675. The Bertz CT molecular complexity index is 853. The summed E-state index contributed by atoms with van der Waals surface area (Å²) in [5.41, 5.74) is 4.41. The van der Waals surface area contributed by atoms with Crippen LogP contribution >= 0.6 is 0 Å². The zero-order valence-electron chi connectivity index (χ0n) is 9.79. The van der Waals surface area contributed by atoms with Crippen LogP contribution in [-0.2, 0) is 7.05 Å². The van der Waals surface area contributed by atoms with Crippen molar-refractivity contribution in [1.82, 2.24) is 14.4 Å². The molecule has 0 spiro atoms. The number of rotatable bonds is 0. The number of hydrogen-bond donors (Lipinski definition) is 0. The van der Waals surface area contributed by atoms with Crippen LogP contribution in [0.4, 0.5) is 0 Å². The Morgan fingerprint density at radius 3 is 2.44 bits per heavy atom. The summed E-state index contributed by atoms with van der Waals surface area (Å²) in [4.78, 5) is 0. The van der Waals surface area contributed by atoms with Crippen LogP contribution in [-0.4, -0.2) is 14.4 Å². The number of aryl methyl sites for hydroxylation is 1. The fourth-order valence-electron chi connectivity index (χ4n) is 2.42. The first-order chi connectivity index (χ1) is 8.36. The Morgan fingerprint density at radius 2 is 1.61 bits per heavy atom. The zero-order valence-corrected chi connectivity index (χ0v) is 11.9. The van der Waals surface area contributed by atoms with Crippen LogP contribution < -0.4 is 28.6 Å². The molecule has 2 aromatic carbocycles. The van der Waals surface area contributed by atoms with Gasteiger partial charge in [-0.2, -0.15) is 4.68 Å². The van der Waals surface area contributed by atoms with Gasteiger partial charge in [-0.1, -0.05) is 24.3 Å². The van der Waals surface area contributed by atoms with Gasteiger partial charge in [0.15, 0.2) is 5.52 Å². The van der Waals surface area contributed by atoms with E-state index in [1.165, 1.54) is 5.52 Å². The SMILES string of the molecule is Cn1c2ccccc2n2nc3ccccc3[n+]12.[I-]. The molecule has 2 heterocycles. The third kappa shape index (κ3) is 1.30. The van der Waals surface area contributed by atoms with E-state index in [0.29, 0.717) is 0 Å². The lowest BCUT2D eigenvalue weighted by Gasteiger charge is -1.90. The van der Waals surface area contributed by atoms with Crippen molar-refractivity contribution >= 4 is 22.1 Å². The van der Waals surface area contributed by atoms with Crippen molar-refractivity contribution in [2.24, 2.45) is 7.05 Å². The minimum Gasteiger partial charge on any atom is -1.00 e. The fourth-order valence-corrected chi connectivity index (χ4v) is 2.42. The van der Waals surface area contributed by atoms with E-state index >= 15 is 0 Å². The third-order valence-corrected chi connectivity index (χ3v) is 3.21. The van der Waals surface area contributed by atoms with Crippen LogP contribution in [0.15, 0.2) is 48.5 Å². The van der Waals surface area contributed by atoms with Gasteiger partial charge in [0.2, 0.25) is 5.52 Å². The van der Waals surface area contributed by atoms with Gasteiger partial charge in [-0.05, 0) is 28.9 Å². The number of hydrogen-bond acceptors (Lipinski definition) is 1. The molecule has 0 radical (unpaired) electrons. The first-order valence-electron chi connectivity index (χ1n) is 5.60. The summed E-state index contributed by atoms with van der Waals surface area (Å²) in [6, 6.07) is 16.4. The fraction of sp³-hybridized carbons (Fsp3) is 0.0769. The monoisotopic (exact) mass is 350 g/mol. The van der Waals surface area contributed by atoms with Crippen molar-refractivity contribution in [3.63, 3.8) is 0 Å².